The molecule has 0 bridgehead atoms. The number of hydrogen-bond donors (Lipinski definition) is 1. The maximum atomic E-state index is 7.43. The van der Waals surface area contributed by atoms with Gasteiger partial charge in [0.05, 0.1) is 0 Å². The summed E-state index contributed by atoms with van der Waals surface area (Å²) in [6.07, 6.45) is 7.26. The van der Waals surface area contributed by atoms with Gasteiger partial charge in [0.15, 0.2) is 0 Å². The van der Waals surface area contributed by atoms with Crippen LogP contribution in [0.4, 0.5) is 0 Å². The lowest BCUT2D eigenvalue weighted by Crippen LogP contribution is -2.36. The average molecular weight is 553 g/mol. The lowest BCUT2D eigenvalue weighted by Gasteiger charge is -2.42. The van der Waals surface area contributed by atoms with E-state index in [9.17, 15) is 0 Å². The van der Waals surface area contributed by atoms with E-state index in [0.29, 0.717) is 0 Å². The van der Waals surface area contributed by atoms with Gasteiger partial charge in [-0.2, -0.15) is 0 Å². The second-order valence-corrected chi connectivity index (χ2v) is 12.8. The third-order valence-electron chi connectivity index (χ3n) is 9.76. The molecule has 0 aliphatic heterocycles. The number of aliphatic imine (C=N–C) groups is 1. The third-order valence-corrected chi connectivity index (χ3v) is 9.76. The van der Waals surface area contributed by atoms with Gasteiger partial charge >= 0.3 is 0 Å². The number of benzene rings is 2. The fourth-order valence-corrected chi connectivity index (χ4v) is 6.50. The molecule has 4 atom stereocenters. The van der Waals surface area contributed by atoms with Gasteiger partial charge in [-0.1, -0.05) is 110 Å². The number of allylic oxidation sites excluding steroid dienone is 4. The van der Waals surface area contributed by atoms with E-state index in [4.69, 9.17) is 17.3 Å². The third kappa shape index (κ3) is 6.79. The Balaban J connectivity index is 2.29. The molecule has 2 heteroatoms. The monoisotopic (exact) mass is 552 g/mol. The highest BCUT2D eigenvalue weighted by Crippen LogP contribution is 2.52. The molecule has 222 valence electrons. The van der Waals surface area contributed by atoms with Crippen molar-refractivity contribution in [1.29, 1.82) is 0 Å². The van der Waals surface area contributed by atoms with Gasteiger partial charge in [-0.3, -0.25) is 4.99 Å². The van der Waals surface area contributed by atoms with E-state index in [-0.39, 0.29) is 23.3 Å². The summed E-state index contributed by atoms with van der Waals surface area (Å²) in [4.78, 5) is 5.33. The van der Waals surface area contributed by atoms with Crippen LogP contribution in [0.3, 0.4) is 0 Å². The Kier molecular flexibility index (Phi) is 11.0. The largest absolute Gasteiger partial charge is 0.401 e. The standard InChI is InChI=1S/C39H56N2/c1-12-16-17-33(38(28(9)25(5)6)41-27(8)13-2)37(40)36-29(10)35-26(7)18-23-32(34(35)24-39(36,11)15-4)31-21-19-30(14-3)20-22-31/h18-23,27-28,33H,5,10,12-17,24,40H2,1-4,6-9,11H3/b37-36+,41-38-. The molecular weight excluding hydrogens is 496 g/mol. The first kappa shape index (κ1) is 32.6. The minimum Gasteiger partial charge on any atom is -0.401 e. The second kappa shape index (κ2) is 13.9. The highest BCUT2D eigenvalue weighted by Gasteiger charge is 2.40. The number of fused-ring (bicyclic) bond motifs is 1. The summed E-state index contributed by atoms with van der Waals surface area (Å²) in [6, 6.07) is 13.9. The summed E-state index contributed by atoms with van der Waals surface area (Å²) < 4.78 is 0. The van der Waals surface area contributed by atoms with Crippen molar-refractivity contribution in [2.75, 3.05) is 0 Å². The second-order valence-electron chi connectivity index (χ2n) is 12.8. The van der Waals surface area contributed by atoms with Crippen molar-refractivity contribution in [3.05, 3.63) is 88.7 Å². The van der Waals surface area contributed by atoms with E-state index >= 15 is 0 Å². The lowest BCUT2D eigenvalue weighted by molar-refractivity contribution is 0.377. The highest BCUT2D eigenvalue weighted by atomic mass is 14.8. The molecule has 2 N–H and O–H groups in total. The Labute approximate surface area is 252 Å². The molecule has 0 amide bonds. The lowest BCUT2D eigenvalue weighted by atomic mass is 9.62. The van der Waals surface area contributed by atoms with Crippen LogP contribution < -0.4 is 5.73 Å². The molecule has 0 aromatic heterocycles. The molecule has 1 aliphatic rings. The van der Waals surface area contributed by atoms with E-state index in [1.807, 2.05) is 0 Å². The number of unbranched alkanes of at least 4 members (excludes halogenated alkanes) is 1. The Bertz CT molecular complexity index is 1310. The Morgan fingerprint density at radius 1 is 1.05 bits per heavy atom. The van der Waals surface area contributed by atoms with E-state index in [1.54, 1.807) is 0 Å². The predicted octanol–water partition coefficient (Wildman–Crippen LogP) is 10.7. The van der Waals surface area contributed by atoms with Gasteiger partial charge in [-0.25, -0.2) is 0 Å². The van der Waals surface area contributed by atoms with Crippen molar-refractivity contribution < 1.29 is 0 Å². The van der Waals surface area contributed by atoms with Crippen LogP contribution >= 0.6 is 0 Å². The number of aryl methyl sites for hydroxylation is 2. The molecule has 41 heavy (non-hydrogen) atoms. The molecule has 0 spiro atoms. The van der Waals surface area contributed by atoms with Gasteiger partial charge in [0.1, 0.15) is 0 Å². The van der Waals surface area contributed by atoms with Gasteiger partial charge in [0.25, 0.3) is 0 Å². The van der Waals surface area contributed by atoms with Crippen LogP contribution in [-0.2, 0) is 12.8 Å². The average Bonchev–Trinajstić information content (AvgIpc) is 2.96. The van der Waals surface area contributed by atoms with Crippen molar-refractivity contribution >= 4 is 11.3 Å². The van der Waals surface area contributed by atoms with Crippen LogP contribution in [0.1, 0.15) is 110 Å². The minimum atomic E-state index is -0.113. The number of rotatable bonds is 12. The summed E-state index contributed by atoms with van der Waals surface area (Å²) >= 11 is 0. The molecule has 2 aromatic rings. The van der Waals surface area contributed by atoms with Gasteiger partial charge in [-0.05, 0) is 103 Å². The van der Waals surface area contributed by atoms with E-state index < -0.39 is 0 Å². The molecule has 1 aliphatic carbocycles. The topological polar surface area (TPSA) is 38.4 Å². The van der Waals surface area contributed by atoms with E-state index in [2.05, 4.69) is 105 Å². The summed E-state index contributed by atoms with van der Waals surface area (Å²) in [5.74, 6) is 0.265. The molecule has 2 nitrogen and oxygen atoms in total. The molecule has 3 rings (SSSR count). The molecule has 0 saturated heterocycles. The Morgan fingerprint density at radius 2 is 1.71 bits per heavy atom. The first-order valence-electron chi connectivity index (χ1n) is 16.1. The molecule has 2 aromatic carbocycles. The van der Waals surface area contributed by atoms with Crippen LogP contribution in [-0.4, -0.2) is 11.8 Å². The minimum absolute atomic E-state index is 0.0832. The fourth-order valence-electron chi connectivity index (χ4n) is 6.50. The van der Waals surface area contributed by atoms with Crippen LogP contribution in [0.2, 0.25) is 0 Å². The van der Waals surface area contributed by atoms with Gasteiger partial charge in [0, 0.05) is 29.3 Å². The summed E-state index contributed by atoms with van der Waals surface area (Å²) in [6.45, 7) is 29.4. The summed E-state index contributed by atoms with van der Waals surface area (Å²) in [5, 5.41) is 0. The molecule has 0 saturated carbocycles. The SMILES string of the molecule is C=C1/C(=C(\N)C(CCCC)/C(=N\C(C)CC)C(C)C(=C)C)C(C)(CC)Cc2c(-c3ccc(CC)cc3)ccc(C)c21. The van der Waals surface area contributed by atoms with Gasteiger partial charge < -0.3 is 5.73 Å². The van der Waals surface area contributed by atoms with Gasteiger partial charge in [0.2, 0.25) is 0 Å². The van der Waals surface area contributed by atoms with Crippen LogP contribution in [0, 0.1) is 24.2 Å². The first-order valence-corrected chi connectivity index (χ1v) is 16.1. The van der Waals surface area contributed by atoms with Gasteiger partial charge in [-0.15, -0.1) is 0 Å². The van der Waals surface area contributed by atoms with E-state index in [1.165, 1.54) is 44.7 Å². The van der Waals surface area contributed by atoms with Crippen LogP contribution in [0.15, 0.2) is 71.4 Å². The van der Waals surface area contributed by atoms with Crippen LogP contribution in [0.5, 0.6) is 0 Å². The smallest absolute Gasteiger partial charge is 0.0468 e. The summed E-state index contributed by atoms with van der Waals surface area (Å²) in [5.41, 5.74) is 20.9. The highest BCUT2D eigenvalue weighted by molar-refractivity contribution is 5.95. The number of nitrogens with zero attached hydrogens (tertiary/aromatic N) is 1. The number of nitrogens with two attached hydrogens (primary N) is 1. The quantitative estimate of drug-likeness (QED) is 0.206. The zero-order valence-electron chi connectivity index (χ0n) is 27.6. The zero-order valence-corrected chi connectivity index (χ0v) is 27.6. The Morgan fingerprint density at radius 3 is 2.24 bits per heavy atom. The molecule has 4 unspecified atom stereocenters. The van der Waals surface area contributed by atoms with Crippen molar-refractivity contribution in [2.24, 2.45) is 28.0 Å². The van der Waals surface area contributed by atoms with Crippen molar-refractivity contribution in [2.45, 2.75) is 113 Å². The molecule has 0 heterocycles. The number of hydrogen-bond acceptors (Lipinski definition) is 2. The van der Waals surface area contributed by atoms with Crippen LogP contribution in [0.25, 0.3) is 16.7 Å². The van der Waals surface area contributed by atoms with Crippen molar-refractivity contribution in [3.63, 3.8) is 0 Å². The maximum absolute atomic E-state index is 7.43. The zero-order chi connectivity index (χ0) is 30.5. The summed E-state index contributed by atoms with van der Waals surface area (Å²) in [7, 11) is 0. The van der Waals surface area contributed by atoms with E-state index in [0.717, 1.165) is 61.8 Å². The molecule has 0 radical (unpaired) electrons. The molecular formula is C39H56N2. The Hall–Kier alpha value is -2.87. The van der Waals surface area contributed by atoms with Crippen molar-refractivity contribution in [3.8, 4) is 11.1 Å². The first-order chi connectivity index (χ1) is 19.4. The molecule has 0 fully saturated rings. The normalized spacial score (nSPS) is 20.8. The maximum Gasteiger partial charge on any atom is 0.0468 e. The van der Waals surface area contributed by atoms with Crippen molar-refractivity contribution in [1.82, 2.24) is 0 Å². The fraction of sp³-hybridized carbons (Fsp3) is 0.513. The predicted molar refractivity (Wildman–Crippen MR) is 183 cm³/mol.